The summed E-state index contributed by atoms with van der Waals surface area (Å²) in [5.41, 5.74) is 0.223. The third-order valence-electron chi connectivity index (χ3n) is 4.41. The van der Waals surface area contributed by atoms with Crippen LogP contribution in [-0.4, -0.2) is 42.5 Å². The van der Waals surface area contributed by atoms with Crippen LogP contribution in [0.4, 0.5) is 15.8 Å². The summed E-state index contributed by atoms with van der Waals surface area (Å²) in [4.78, 5) is 14.4. The van der Waals surface area contributed by atoms with Gasteiger partial charge in [0.15, 0.2) is 5.82 Å². The van der Waals surface area contributed by atoms with Crippen molar-refractivity contribution in [2.45, 2.75) is 26.3 Å². The highest BCUT2D eigenvalue weighted by molar-refractivity contribution is 5.52. The van der Waals surface area contributed by atoms with Gasteiger partial charge < -0.3 is 9.80 Å². The summed E-state index contributed by atoms with van der Waals surface area (Å²) in [6.45, 7) is 7.36. The van der Waals surface area contributed by atoms with Crippen LogP contribution in [0.3, 0.4) is 0 Å². The zero-order valence-corrected chi connectivity index (χ0v) is 12.8. The predicted octanol–water partition coefficient (Wildman–Crippen LogP) is 2.90. The van der Waals surface area contributed by atoms with Crippen LogP contribution in [0, 0.1) is 21.8 Å². The third kappa shape index (κ3) is 3.32. The lowest BCUT2D eigenvalue weighted by molar-refractivity contribution is -0.385. The van der Waals surface area contributed by atoms with Gasteiger partial charge in [-0.3, -0.25) is 10.1 Å². The van der Waals surface area contributed by atoms with Crippen LogP contribution < -0.4 is 4.90 Å². The summed E-state index contributed by atoms with van der Waals surface area (Å²) in [5, 5.41) is 10.7. The summed E-state index contributed by atoms with van der Waals surface area (Å²) in [6.07, 6.45) is 0.974. The Morgan fingerprint density at radius 2 is 2.24 bits per heavy atom. The number of hydrogen-bond donors (Lipinski definition) is 0. The molecule has 1 aliphatic heterocycles. The molecule has 5 nitrogen and oxygen atoms in total. The van der Waals surface area contributed by atoms with E-state index in [0.717, 1.165) is 32.1 Å². The van der Waals surface area contributed by atoms with Crippen molar-refractivity contribution in [2.24, 2.45) is 5.92 Å². The molecule has 1 aromatic carbocycles. The largest absolute Gasteiger partial charge is 0.369 e. The highest BCUT2D eigenvalue weighted by atomic mass is 19.1. The molecule has 2 unspecified atom stereocenters. The van der Waals surface area contributed by atoms with Crippen molar-refractivity contribution in [3.8, 4) is 0 Å². The number of benzene rings is 1. The van der Waals surface area contributed by atoms with Gasteiger partial charge in [-0.05, 0) is 24.9 Å². The molecule has 0 N–H and O–H groups in total. The molecular weight excluding hydrogens is 273 g/mol. The summed E-state index contributed by atoms with van der Waals surface area (Å²) >= 11 is 0. The zero-order valence-electron chi connectivity index (χ0n) is 12.8. The Bertz CT molecular complexity index is 524. The van der Waals surface area contributed by atoms with Gasteiger partial charge in [-0.25, -0.2) is 4.39 Å². The van der Waals surface area contributed by atoms with Crippen molar-refractivity contribution in [2.75, 3.05) is 31.6 Å². The molecule has 1 heterocycles. The highest BCUT2D eigenvalue weighted by Crippen LogP contribution is 2.29. The molecule has 1 aromatic rings. The van der Waals surface area contributed by atoms with Gasteiger partial charge in [0, 0.05) is 32.2 Å². The molecule has 1 aliphatic rings. The first-order valence-corrected chi connectivity index (χ1v) is 7.33. The van der Waals surface area contributed by atoms with E-state index >= 15 is 0 Å². The van der Waals surface area contributed by atoms with E-state index in [1.165, 1.54) is 12.1 Å². The van der Waals surface area contributed by atoms with Gasteiger partial charge in [-0.1, -0.05) is 13.8 Å². The zero-order chi connectivity index (χ0) is 15.6. The van der Waals surface area contributed by atoms with E-state index in [0.29, 0.717) is 11.6 Å². The van der Waals surface area contributed by atoms with Crippen LogP contribution in [0.1, 0.15) is 20.3 Å². The number of rotatable bonds is 4. The number of nitrogens with zero attached hydrogens (tertiary/aromatic N) is 3. The molecule has 0 aromatic heterocycles. The second-order valence-corrected chi connectivity index (χ2v) is 5.73. The number of nitro groups is 1. The average molecular weight is 295 g/mol. The minimum atomic E-state index is -0.574. The minimum absolute atomic E-state index is 0.210. The Morgan fingerprint density at radius 1 is 1.52 bits per heavy atom. The molecule has 1 fully saturated rings. The van der Waals surface area contributed by atoms with Crippen LogP contribution in [0.5, 0.6) is 0 Å². The fourth-order valence-electron chi connectivity index (χ4n) is 3.16. The molecule has 0 saturated carbocycles. The summed E-state index contributed by atoms with van der Waals surface area (Å²) < 4.78 is 14.1. The van der Waals surface area contributed by atoms with E-state index in [-0.39, 0.29) is 11.7 Å². The first-order valence-electron chi connectivity index (χ1n) is 7.33. The molecule has 2 rings (SSSR count). The fraction of sp³-hybridized carbons (Fsp3) is 0.600. The first-order chi connectivity index (χ1) is 9.93. The smallest absolute Gasteiger partial charge is 0.272 e. The van der Waals surface area contributed by atoms with Gasteiger partial charge in [0.25, 0.3) is 5.69 Å². The molecule has 0 radical (unpaired) electrons. The normalized spacial score (nSPS) is 23.0. The molecule has 116 valence electrons. The molecule has 6 heteroatoms. The lowest BCUT2D eigenvalue weighted by atomic mass is 9.92. The molecule has 0 bridgehead atoms. The van der Waals surface area contributed by atoms with Gasteiger partial charge in [-0.2, -0.15) is 0 Å². The lowest BCUT2D eigenvalue weighted by Gasteiger charge is -2.42. The Labute approximate surface area is 124 Å². The van der Waals surface area contributed by atoms with E-state index in [9.17, 15) is 14.5 Å². The maximum absolute atomic E-state index is 14.1. The maximum atomic E-state index is 14.1. The first kappa shape index (κ1) is 15.7. The van der Waals surface area contributed by atoms with E-state index in [2.05, 4.69) is 18.7 Å². The minimum Gasteiger partial charge on any atom is -0.369 e. The van der Waals surface area contributed by atoms with Crippen molar-refractivity contribution < 1.29 is 9.31 Å². The van der Waals surface area contributed by atoms with Gasteiger partial charge in [-0.15, -0.1) is 0 Å². The maximum Gasteiger partial charge on any atom is 0.272 e. The summed E-state index contributed by atoms with van der Waals surface area (Å²) in [7, 11) is 1.87. The lowest BCUT2D eigenvalue weighted by Crippen LogP contribution is -2.49. The molecule has 2 atom stereocenters. The van der Waals surface area contributed by atoms with Crippen LogP contribution in [0.2, 0.25) is 0 Å². The molecule has 0 amide bonds. The number of hydrogen-bond acceptors (Lipinski definition) is 4. The van der Waals surface area contributed by atoms with Crippen molar-refractivity contribution in [3.63, 3.8) is 0 Å². The molecule has 1 saturated heterocycles. The number of non-ortho nitro benzene ring substituents is 1. The van der Waals surface area contributed by atoms with Crippen molar-refractivity contribution in [3.05, 3.63) is 34.1 Å². The third-order valence-corrected chi connectivity index (χ3v) is 4.41. The monoisotopic (exact) mass is 295 g/mol. The number of piperidine rings is 1. The molecule has 0 aliphatic carbocycles. The second-order valence-electron chi connectivity index (χ2n) is 5.73. The van der Waals surface area contributed by atoms with Gasteiger partial charge >= 0.3 is 0 Å². The Kier molecular flexibility index (Phi) is 4.77. The highest BCUT2D eigenvalue weighted by Gasteiger charge is 2.29. The van der Waals surface area contributed by atoms with E-state index in [1.807, 2.05) is 11.9 Å². The predicted molar refractivity (Wildman–Crippen MR) is 81.1 cm³/mol. The Balaban J connectivity index is 2.16. The van der Waals surface area contributed by atoms with Gasteiger partial charge in [0.05, 0.1) is 16.7 Å². The van der Waals surface area contributed by atoms with Crippen molar-refractivity contribution in [1.82, 2.24) is 4.90 Å². The van der Waals surface area contributed by atoms with E-state index < -0.39 is 10.7 Å². The average Bonchev–Trinajstić information content (AvgIpc) is 2.46. The van der Waals surface area contributed by atoms with Crippen LogP contribution in [-0.2, 0) is 0 Å². The Morgan fingerprint density at radius 3 is 2.76 bits per heavy atom. The van der Waals surface area contributed by atoms with Crippen LogP contribution in [0.15, 0.2) is 18.2 Å². The van der Waals surface area contributed by atoms with E-state index in [4.69, 9.17) is 0 Å². The number of halogens is 1. The standard InChI is InChI=1S/C15H22FN3O2/c1-4-18-8-7-14(11(2)10-18)17(3)15-6-5-12(19(20)21)9-13(15)16/h5-6,9,11,14H,4,7-8,10H2,1-3H3. The number of likely N-dealkylation sites (tertiary alicyclic amines) is 1. The SMILES string of the molecule is CCN1CCC(N(C)c2ccc([N+](=O)[O-])cc2F)C(C)C1. The molecular formula is C15H22FN3O2. The molecule has 0 spiro atoms. The topological polar surface area (TPSA) is 49.6 Å². The molecule has 21 heavy (non-hydrogen) atoms. The fourth-order valence-corrected chi connectivity index (χ4v) is 3.16. The van der Waals surface area contributed by atoms with Gasteiger partial charge in [0.1, 0.15) is 0 Å². The second kappa shape index (κ2) is 6.39. The summed E-state index contributed by atoms with van der Waals surface area (Å²) in [6, 6.07) is 4.12. The number of nitro benzene ring substituents is 1. The quantitative estimate of drug-likeness (QED) is 0.633. The van der Waals surface area contributed by atoms with Gasteiger partial charge in [0.2, 0.25) is 0 Å². The van der Waals surface area contributed by atoms with Crippen molar-refractivity contribution in [1.29, 1.82) is 0 Å². The summed E-state index contributed by atoms with van der Waals surface area (Å²) in [5.74, 6) is -0.102. The van der Waals surface area contributed by atoms with Crippen LogP contribution >= 0.6 is 0 Å². The van der Waals surface area contributed by atoms with Crippen molar-refractivity contribution >= 4 is 11.4 Å². The van der Waals surface area contributed by atoms with E-state index in [1.54, 1.807) is 0 Å². The number of anilines is 1. The van der Waals surface area contributed by atoms with Crippen LogP contribution in [0.25, 0.3) is 0 Å². The Hall–Kier alpha value is -1.69.